The van der Waals surface area contributed by atoms with Crippen molar-refractivity contribution in [1.29, 1.82) is 0 Å². The van der Waals surface area contributed by atoms with Crippen LogP contribution in [0.5, 0.6) is 0 Å². The van der Waals surface area contributed by atoms with E-state index >= 15 is 0 Å². The maximum absolute atomic E-state index is 12.7. The van der Waals surface area contributed by atoms with Crippen molar-refractivity contribution in [1.82, 2.24) is 9.80 Å². The van der Waals surface area contributed by atoms with Crippen LogP contribution in [-0.2, 0) is 15.0 Å². The van der Waals surface area contributed by atoms with Gasteiger partial charge in [-0.25, -0.2) is 0 Å². The fourth-order valence-corrected chi connectivity index (χ4v) is 3.31. The van der Waals surface area contributed by atoms with Crippen molar-refractivity contribution in [2.24, 2.45) is 0 Å². The molecule has 2 amide bonds. The SMILES string of the molecule is Cc1ccc2c(c1)NC(=C1C(=O)N(C)C(=S)N(C)C1=O)C2(C)C. The van der Waals surface area contributed by atoms with Crippen molar-refractivity contribution in [3.8, 4) is 0 Å². The van der Waals surface area contributed by atoms with E-state index in [1.807, 2.05) is 39.0 Å². The summed E-state index contributed by atoms with van der Waals surface area (Å²) < 4.78 is 0. The zero-order chi connectivity index (χ0) is 17.1. The Labute approximate surface area is 140 Å². The van der Waals surface area contributed by atoms with Crippen LogP contribution in [0.4, 0.5) is 5.69 Å². The maximum Gasteiger partial charge on any atom is 0.267 e. The summed E-state index contributed by atoms with van der Waals surface area (Å²) in [6.45, 7) is 6.03. The highest BCUT2D eigenvalue weighted by Gasteiger charge is 2.44. The van der Waals surface area contributed by atoms with E-state index in [4.69, 9.17) is 12.2 Å². The van der Waals surface area contributed by atoms with Gasteiger partial charge in [-0.05, 0) is 36.3 Å². The summed E-state index contributed by atoms with van der Waals surface area (Å²) in [5.41, 5.74) is 3.47. The summed E-state index contributed by atoms with van der Waals surface area (Å²) in [6.07, 6.45) is 0. The van der Waals surface area contributed by atoms with Gasteiger partial charge in [-0.3, -0.25) is 19.4 Å². The highest BCUT2D eigenvalue weighted by Crippen LogP contribution is 2.45. The van der Waals surface area contributed by atoms with E-state index < -0.39 is 5.41 Å². The number of hydrogen-bond donors (Lipinski definition) is 1. The fraction of sp³-hybridized carbons (Fsp3) is 0.353. The van der Waals surface area contributed by atoms with Gasteiger partial charge in [0.25, 0.3) is 11.8 Å². The van der Waals surface area contributed by atoms with E-state index in [1.54, 1.807) is 14.1 Å². The largest absolute Gasteiger partial charge is 0.357 e. The van der Waals surface area contributed by atoms with E-state index in [1.165, 1.54) is 9.80 Å². The maximum atomic E-state index is 12.7. The highest BCUT2D eigenvalue weighted by molar-refractivity contribution is 7.80. The van der Waals surface area contributed by atoms with Gasteiger partial charge in [0.2, 0.25) is 0 Å². The Morgan fingerprint density at radius 3 is 2.22 bits per heavy atom. The molecule has 0 spiro atoms. The van der Waals surface area contributed by atoms with Crippen molar-refractivity contribution in [2.75, 3.05) is 19.4 Å². The van der Waals surface area contributed by atoms with Gasteiger partial charge in [0.1, 0.15) is 5.57 Å². The number of amides is 2. The summed E-state index contributed by atoms with van der Waals surface area (Å²) in [5.74, 6) is -0.726. The molecular formula is C17H19N3O2S. The third-order valence-electron chi connectivity index (χ3n) is 4.59. The molecule has 0 atom stereocenters. The van der Waals surface area contributed by atoms with Crippen molar-refractivity contribution in [3.05, 3.63) is 40.6 Å². The van der Waals surface area contributed by atoms with E-state index in [9.17, 15) is 9.59 Å². The van der Waals surface area contributed by atoms with Crippen LogP contribution in [0.15, 0.2) is 29.5 Å². The number of carbonyl (C=O) groups is 2. The third-order valence-corrected chi connectivity index (χ3v) is 5.14. The minimum absolute atomic E-state index is 0.155. The summed E-state index contributed by atoms with van der Waals surface area (Å²) in [5, 5.41) is 3.51. The lowest BCUT2D eigenvalue weighted by atomic mass is 9.81. The van der Waals surface area contributed by atoms with Crippen LogP contribution in [0, 0.1) is 6.92 Å². The molecule has 6 heteroatoms. The number of nitrogens with zero attached hydrogens (tertiary/aromatic N) is 2. The number of carbonyl (C=O) groups excluding carboxylic acids is 2. The van der Waals surface area contributed by atoms with Crippen LogP contribution in [0.1, 0.15) is 25.0 Å². The smallest absolute Gasteiger partial charge is 0.267 e. The van der Waals surface area contributed by atoms with Gasteiger partial charge >= 0.3 is 0 Å². The second kappa shape index (κ2) is 4.89. The molecule has 2 heterocycles. The van der Waals surface area contributed by atoms with E-state index in [2.05, 4.69) is 5.32 Å². The number of hydrogen-bond acceptors (Lipinski definition) is 4. The molecule has 2 aliphatic rings. The number of rotatable bonds is 0. The van der Waals surface area contributed by atoms with E-state index in [-0.39, 0.29) is 22.5 Å². The summed E-state index contributed by atoms with van der Waals surface area (Å²) >= 11 is 5.14. The average molecular weight is 329 g/mol. The van der Waals surface area contributed by atoms with Crippen LogP contribution in [0.25, 0.3) is 0 Å². The second-order valence-electron chi connectivity index (χ2n) is 6.56. The zero-order valence-electron chi connectivity index (χ0n) is 13.9. The first-order valence-electron chi connectivity index (χ1n) is 7.39. The predicted octanol–water partition coefficient (Wildman–Crippen LogP) is 2.17. The second-order valence-corrected chi connectivity index (χ2v) is 6.93. The van der Waals surface area contributed by atoms with Gasteiger partial charge in [-0.15, -0.1) is 0 Å². The molecule has 1 aromatic carbocycles. The van der Waals surface area contributed by atoms with Crippen molar-refractivity contribution < 1.29 is 9.59 Å². The number of allylic oxidation sites excluding steroid dienone is 1. The molecule has 1 fully saturated rings. The van der Waals surface area contributed by atoms with Gasteiger partial charge in [-0.2, -0.15) is 0 Å². The number of aryl methyl sites for hydroxylation is 1. The van der Waals surface area contributed by atoms with Gasteiger partial charge in [-0.1, -0.05) is 26.0 Å². The quantitative estimate of drug-likeness (QED) is 0.450. The summed E-state index contributed by atoms with van der Waals surface area (Å²) in [6, 6.07) is 6.11. The Bertz CT molecular complexity index is 769. The normalized spacial score (nSPS) is 20.1. The van der Waals surface area contributed by atoms with Crippen LogP contribution in [-0.4, -0.2) is 40.8 Å². The number of nitrogens with one attached hydrogen (secondary N) is 1. The fourth-order valence-electron chi connectivity index (χ4n) is 3.15. The molecule has 0 radical (unpaired) electrons. The molecule has 1 saturated heterocycles. The molecule has 2 aliphatic heterocycles. The molecule has 23 heavy (non-hydrogen) atoms. The van der Waals surface area contributed by atoms with Gasteiger partial charge < -0.3 is 5.32 Å². The van der Waals surface area contributed by atoms with Crippen LogP contribution < -0.4 is 5.32 Å². The van der Waals surface area contributed by atoms with Crippen molar-refractivity contribution in [3.63, 3.8) is 0 Å². The van der Waals surface area contributed by atoms with Crippen molar-refractivity contribution in [2.45, 2.75) is 26.2 Å². The Balaban J connectivity index is 2.21. The van der Waals surface area contributed by atoms with Gasteiger partial charge in [0, 0.05) is 30.9 Å². The topological polar surface area (TPSA) is 52.7 Å². The standard InChI is InChI=1S/C17H19N3O2S/c1-9-6-7-10-11(8-9)18-13(17(10,2)3)12-14(21)19(4)16(23)20(5)15(12)22/h6-8,18H,1-5H3. The van der Waals surface area contributed by atoms with Gasteiger partial charge in [0.15, 0.2) is 5.11 Å². The lowest BCUT2D eigenvalue weighted by molar-refractivity contribution is -0.132. The lowest BCUT2D eigenvalue weighted by Crippen LogP contribution is -2.54. The Kier molecular flexibility index (Phi) is 3.33. The number of benzene rings is 1. The molecule has 1 aromatic rings. The average Bonchev–Trinajstić information content (AvgIpc) is 2.74. The molecule has 120 valence electrons. The van der Waals surface area contributed by atoms with Crippen LogP contribution >= 0.6 is 12.2 Å². The van der Waals surface area contributed by atoms with Gasteiger partial charge in [0.05, 0.1) is 0 Å². The monoisotopic (exact) mass is 329 g/mol. The number of anilines is 1. The molecule has 0 unspecified atom stereocenters. The molecule has 1 N–H and O–H groups in total. The Morgan fingerprint density at radius 1 is 1.09 bits per heavy atom. The first-order valence-corrected chi connectivity index (χ1v) is 7.80. The highest BCUT2D eigenvalue weighted by atomic mass is 32.1. The summed E-state index contributed by atoms with van der Waals surface area (Å²) in [7, 11) is 3.18. The first kappa shape index (κ1) is 15.7. The third kappa shape index (κ3) is 2.09. The van der Waals surface area contributed by atoms with E-state index in [0.717, 1.165) is 16.8 Å². The number of fused-ring (bicyclic) bond motifs is 1. The first-order chi connectivity index (χ1) is 10.7. The molecule has 0 saturated carbocycles. The molecule has 5 nitrogen and oxygen atoms in total. The predicted molar refractivity (Wildman–Crippen MR) is 93.0 cm³/mol. The van der Waals surface area contributed by atoms with Crippen LogP contribution in [0.3, 0.4) is 0 Å². The van der Waals surface area contributed by atoms with Crippen LogP contribution in [0.2, 0.25) is 0 Å². The minimum Gasteiger partial charge on any atom is -0.357 e. The number of likely N-dealkylation sites (N-methyl/N-ethyl adjacent to an activating group) is 2. The lowest BCUT2D eigenvalue weighted by Gasteiger charge is -2.34. The molecular weight excluding hydrogens is 310 g/mol. The molecule has 0 bridgehead atoms. The summed E-state index contributed by atoms with van der Waals surface area (Å²) in [4.78, 5) is 28.0. The molecule has 0 aliphatic carbocycles. The Hall–Kier alpha value is -2.21. The Morgan fingerprint density at radius 2 is 1.65 bits per heavy atom. The number of thiocarbonyl (C=S) groups is 1. The molecule has 0 aromatic heterocycles. The van der Waals surface area contributed by atoms with E-state index in [0.29, 0.717) is 5.70 Å². The van der Waals surface area contributed by atoms with Crippen molar-refractivity contribution >= 4 is 34.8 Å². The zero-order valence-corrected chi connectivity index (χ0v) is 14.7. The minimum atomic E-state index is -0.454. The molecule has 3 rings (SSSR count).